The molecule has 0 fully saturated rings. The fraction of sp³-hybridized carbons (Fsp3) is 0.471. The molecule has 25 heavy (non-hydrogen) atoms. The van der Waals surface area contributed by atoms with Crippen LogP contribution in [0.15, 0.2) is 23.4 Å². The topological polar surface area (TPSA) is 51.0 Å². The number of hydrogen-bond acceptors (Lipinski definition) is 4. The number of rotatable bonds is 6. The average molecular weight is 401 g/mol. The summed E-state index contributed by atoms with van der Waals surface area (Å²) in [4.78, 5) is 13.7. The fourth-order valence-electron chi connectivity index (χ4n) is 2.35. The number of carbonyl (C=O) groups excluding carboxylic acids is 1. The van der Waals surface area contributed by atoms with Crippen molar-refractivity contribution in [2.24, 2.45) is 5.92 Å². The lowest BCUT2D eigenvalue weighted by molar-refractivity contribution is -0.127. The Bertz CT molecular complexity index is 761. The van der Waals surface area contributed by atoms with Gasteiger partial charge in [0.15, 0.2) is 11.0 Å². The van der Waals surface area contributed by atoms with Gasteiger partial charge in [0.25, 0.3) is 0 Å². The quantitative estimate of drug-likeness (QED) is 0.670. The Balaban J connectivity index is 2.42. The zero-order valence-electron chi connectivity index (χ0n) is 15.0. The third-order valence-electron chi connectivity index (χ3n) is 3.51. The zero-order valence-corrected chi connectivity index (χ0v) is 17.3. The maximum atomic E-state index is 12.2. The number of hydrogen-bond donors (Lipinski definition) is 0. The minimum absolute atomic E-state index is 0.0372. The molecule has 136 valence electrons. The molecule has 0 bridgehead atoms. The second-order valence-corrected chi connectivity index (χ2v) is 8.58. The van der Waals surface area contributed by atoms with Crippen molar-refractivity contribution in [1.82, 2.24) is 19.7 Å². The van der Waals surface area contributed by atoms with Crippen LogP contribution in [0.1, 0.15) is 20.8 Å². The number of aromatic nitrogens is 3. The molecule has 8 heteroatoms. The normalized spacial score (nSPS) is 12.5. The molecule has 1 atom stereocenters. The highest BCUT2D eigenvalue weighted by molar-refractivity contribution is 8.00. The summed E-state index contributed by atoms with van der Waals surface area (Å²) in [5.74, 6) is 1.11. The molecule has 2 rings (SSSR count). The minimum Gasteiger partial charge on any atom is -0.348 e. The standard InChI is InChI=1S/C17H22Cl2N4OS/c1-10(2)9-23-15(13-7-6-12(18)8-14(13)19)20-21-17(23)25-11(3)16(24)22(4)5/h6-8,10-11H,9H2,1-5H3. The van der Waals surface area contributed by atoms with E-state index in [-0.39, 0.29) is 11.2 Å². The Morgan fingerprint density at radius 2 is 1.92 bits per heavy atom. The molecule has 1 aromatic carbocycles. The molecule has 0 spiro atoms. The van der Waals surface area contributed by atoms with Gasteiger partial charge in [-0.2, -0.15) is 0 Å². The summed E-state index contributed by atoms with van der Waals surface area (Å²) in [6, 6.07) is 5.31. The molecule has 0 aliphatic carbocycles. The van der Waals surface area contributed by atoms with E-state index >= 15 is 0 Å². The number of carbonyl (C=O) groups is 1. The van der Waals surface area contributed by atoms with Crippen molar-refractivity contribution in [2.75, 3.05) is 14.1 Å². The van der Waals surface area contributed by atoms with Gasteiger partial charge in [0, 0.05) is 31.2 Å². The molecule has 5 nitrogen and oxygen atoms in total. The predicted molar refractivity (Wildman–Crippen MR) is 104 cm³/mol. The third kappa shape index (κ3) is 4.90. The van der Waals surface area contributed by atoms with Crippen LogP contribution in [0.2, 0.25) is 10.0 Å². The number of amides is 1. The summed E-state index contributed by atoms with van der Waals surface area (Å²) >= 11 is 13.7. The van der Waals surface area contributed by atoms with Crippen molar-refractivity contribution >= 4 is 40.9 Å². The van der Waals surface area contributed by atoms with Crippen LogP contribution in [0.4, 0.5) is 0 Å². The Labute approximate surface area is 162 Å². The predicted octanol–water partition coefficient (Wildman–Crippen LogP) is 4.48. The van der Waals surface area contributed by atoms with Crippen LogP contribution in [-0.2, 0) is 11.3 Å². The smallest absolute Gasteiger partial charge is 0.235 e. The van der Waals surface area contributed by atoms with Gasteiger partial charge in [-0.3, -0.25) is 4.79 Å². The van der Waals surface area contributed by atoms with Crippen molar-refractivity contribution in [3.05, 3.63) is 28.2 Å². The molecule has 0 saturated carbocycles. The lowest BCUT2D eigenvalue weighted by Crippen LogP contribution is -2.30. The molecule has 1 aromatic heterocycles. The van der Waals surface area contributed by atoms with Gasteiger partial charge in [-0.25, -0.2) is 0 Å². The Morgan fingerprint density at radius 1 is 1.24 bits per heavy atom. The number of halogens is 2. The first-order valence-electron chi connectivity index (χ1n) is 7.97. The zero-order chi connectivity index (χ0) is 18.7. The van der Waals surface area contributed by atoms with Gasteiger partial charge in [-0.1, -0.05) is 48.8 Å². The summed E-state index contributed by atoms with van der Waals surface area (Å²) in [5.41, 5.74) is 0.776. The van der Waals surface area contributed by atoms with Crippen LogP contribution in [-0.4, -0.2) is 44.9 Å². The van der Waals surface area contributed by atoms with Crippen LogP contribution in [0.3, 0.4) is 0 Å². The Morgan fingerprint density at radius 3 is 2.48 bits per heavy atom. The first kappa shape index (κ1) is 20.1. The Hall–Kier alpha value is -1.24. The van der Waals surface area contributed by atoms with Crippen LogP contribution in [0, 0.1) is 5.92 Å². The van der Waals surface area contributed by atoms with Gasteiger partial charge >= 0.3 is 0 Å². The van der Waals surface area contributed by atoms with E-state index in [1.807, 2.05) is 17.6 Å². The van der Waals surface area contributed by atoms with Crippen molar-refractivity contribution in [3.63, 3.8) is 0 Å². The second-order valence-electron chi connectivity index (χ2n) is 6.43. The van der Waals surface area contributed by atoms with Crippen LogP contribution >= 0.6 is 35.0 Å². The van der Waals surface area contributed by atoms with Gasteiger partial charge in [0.1, 0.15) is 0 Å². The highest BCUT2D eigenvalue weighted by atomic mass is 35.5. The number of thioether (sulfide) groups is 1. The summed E-state index contributed by atoms with van der Waals surface area (Å²) in [6.07, 6.45) is 0. The van der Waals surface area contributed by atoms with E-state index in [4.69, 9.17) is 23.2 Å². The second kappa shape index (κ2) is 8.43. The van der Waals surface area contributed by atoms with Crippen molar-refractivity contribution in [2.45, 2.75) is 37.7 Å². The molecule has 1 heterocycles. The number of nitrogens with zero attached hydrogens (tertiary/aromatic N) is 4. The van der Waals surface area contributed by atoms with Crippen molar-refractivity contribution < 1.29 is 4.79 Å². The Kier molecular flexibility index (Phi) is 6.77. The number of benzene rings is 1. The summed E-state index contributed by atoms with van der Waals surface area (Å²) in [7, 11) is 3.49. The molecule has 1 amide bonds. The lowest BCUT2D eigenvalue weighted by atomic mass is 10.2. The van der Waals surface area contributed by atoms with E-state index in [1.54, 1.807) is 31.1 Å². The first-order valence-corrected chi connectivity index (χ1v) is 9.60. The third-order valence-corrected chi connectivity index (χ3v) is 5.12. The van der Waals surface area contributed by atoms with E-state index in [0.29, 0.717) is 26.9 Å². The van der Waals surface area contributed by atoms with Gasteiger partial charge in [-0.15, -0.1) is 10.2 Å². The maximum absolute atomic E-state index is 12.2. The van der Waals surface area contributed by atoms with E-state index in [2.05, 4.69) is 24.0 Å². The van der Waals surface area contributed by atoms with Crippen LogP contribution in [0.5, 0.6) is 0 Å². The summed E-state index contributed by atoms with van der Waals surface area (Å²) in [5, 5.41) is 10.2. The molecule has 1 unspecified atom stereocenters. The summed E-state index contributed by atoms with van der Waals surface area (Å²) < 4.78 is 2.02. The van der Waals surface area contributed by atoms with Gasteiger partial charge in [0.05, 0.1) is 10.3 Å². The molecular weight excluding hydrogens is 379 g/mol. The van der Waals surface area contributed by atoms with Gasteiger partial charge in [0.2, 0.25) is 5.91 Å². The SMILES string of the molecule is CC(C)Cn1c(SC(C)C(=O)N(C)C)nnc1-c1ccc(Cl)cc1Cl. The molecule has 0 N–H and O–H groups in total. The van der Waals surface area contributed by atoms with Crippen molar-refractivity contribution in [3.8, 4) is 11.4 Å². The van der Waals surface area contributed by atoms with E-state index in [1.165, 1.54) is 11.8 Å². The molecule has 2 aromatic rings. The van der Waals surface area contributed by atoms with E-state index < -0.39 is 0 Å². The van der Waals surface area contributed by atoms with Crippen LogP contribution < -0.4 is 0 Å². The molecule has 0 aliphatic heterocycles. The highest BCUT2D eigenvalue weighted by Crippen LogP contribution is 2.33. The highest BCUT2D eigenvalue weighted by Gasteiger charge is 2.23. The van der Waals surface area contributed by atoms with Crippen LogP contribution in [0.25, 0.3) is 11.4 Å². The summed E-state index contributed by atoms with van der Waals surface area (Å²) in [6.45, 7) is 6.84. The molecule has 0 saturated heterocycles. The van der Waals surface area contributed by atoms with Gasteiger partial charge in [-0.05, 0) is 31.0 Å². The van der Waals surface area contributed by atoms with E-state index in [9.17, 15) is 4.79 Å². The molecular formula is C17H22Cl2N4OS. The molecule has 0 aliphatic rings. The van der Waals surface area contributed by atoms with Crippen molar-refractivity contribution in [1.29, 1.82) is 0 Å². The fourth-order valence-corrected chi connectivity index (χ4v) is 3.84. The molecule has 0 radical (unpaired) electrons. The lowest BCUT2D eigenvalue weighted by Gasteiger charge is -2.17. The van der Waals surface area contributed by atoms with Gasteiger partial charge < -0.3 is 9.47 Å². The maximum Gasteiger partial charge on any atom is 0.235 e. The average Bonchev–Trinajstić information content (AvgIpc) is 2.88. The minimum atomic E-state index is -0.251. The van der Waals surface area contributed by atoms with E-state index in [0.717, 1.165) is 12.1 Å². The largest absolute Gasteiger partial charge is 0.348 e. The first-order chi connectivity index (χ1) is 11.7. The monoisotopic (exact) mass is 400 g/mol.